The Morgan fingerprint density at radius 2 is 2.27 bits per heavy atom. The lowest BCUT2D eigenvalue weighted by molar-refractivity contribution is 0.0519. The summed E-state index contributed by atoms with van der Waals surface area (Å²) in [6.07, 6.45) is 3.33. The molecule has 2 heterocycles. The number of rotatable bonds is 5. The van der Waals surface area contributed by atoms with Crippen molar-refractivity contribution in [3.8, 4) is 0 Å². The lowest BCUT2D eigenvalue weighted by Crippen LogP contribution is -2.38. The third kappa shape index (κ3) is 5.30. The van der Waals surface area contributed by atoms with Crippen LogP contribution in [0.3, 0.4) is 0 Å². The highest BCUT2D eigenvalue weighted by Crippen LogP contribution is 2.16. The summed E-state index contributed by atoms with van der Waals surface area (Å²) in [6, 6.07) is 4.02. The van der Waals surface area contributed by atoms with Gasteiger partial charge in [0.15, 0.2) is 0 Å². The van der Waals surface area contributed by atoms with Crippen molar-refractivity contribution in [1.82, 2.24) is 15.2 Å². The maximum absolute atomic E-state index is 12.1. The Bertz CT molecular complexity index is 478. The van der Waals surface area contributed by atoms with Gasteiger partial charge < -0.3 is 15.0 Å². The molecule has 0 spiro atoms. The Labute approximate surface area is 133 Å². The summed E-state index contributed by atoms with van der Waals surface area (Å²) in [5, 5.41) is 2.98. The molecule has 1 aliphatic rings. The summed E-state index contributed by atoms with van der Waals surface area (Å²) in [7, 11) is 1.80. The van der Waals surface area contributed by atoms with E-state index in [4.69, 9.17) is 4.74 Å². The second kappa shape index (κ2) is 8.13. The quantitative estimate of drug-likeness (QED) is 0.910. The Kier molecular flexibility index (Phi) is 6.19. The van der Waals surface area contributed by atoms with Gasteiger partial charge >= 0.3 is 6.03 Å². The second-order valence-electron chi connectivity index (χ2n) is 6.24. The molecule has 22 heavy (non-hydrogen) atoms. The van der Waals surface area contributed by atoms with Crippen LogP contribution < -0.4 is 5.32 Å². The molecule has 0 unspecified atom stereocenters. The molecule has 0 saturated carbocycles. The molecule has 0 radical (unpaired) electrons. The number of nitrogens with one attached hydrogen (secondary N) is 1. The molecule has 122 valence electrons. The minimum atomic E-state index is -0.0438. The molecule has 0 bridgehead atoms. The first-order valence-electron chi connectivity index (χ1n) is 8.05. The smallest absolute Gasteiger partial charge is 0.317 e. The highest BCUT2D eigenvalue weighted by Gasteiger charge is 2.15. The number of aryl methyl sites for hydroxylation is 2. The van der Waals surface area contributed by atoms with Crippen LogP contribution >= 0.6 is 0 Å². The topological polar surface area (TPSA) is 54.5 Å². The van der Waals surface area contributed by atoms with E-state index in [1.165, 1.54) is 12.0 Å². The van der Waals surface area contributed by atoms with Gasteiger partial charge in [-0.2, -0.15) is 0 Å². The van der Waals surface area contributed by atoms with E-state index in [1.54, 1.807) is 11.9 Å². The molecule has 1 aliphatic heterocycles. The summed E-state index contributed by atoms with van der Waals surface area (Å²) in [5.74, 6) is 0.584. The van der Waals surface area contributed by atoms with E-state index in [9.17, 15) is 4.79 Å². The molecule has 1 aromatic heterocycles. The van der Waals surface area contributed by atoms with Gasteiger partial charge in [-0.05, 0) is 56.7 Å². The molecular formula is C17H27N3O2. The molecule has 2 amide bonds. The van der Waals surface area contributed by atoms with E-state index < -0.39 is 0 Å². The number of carbonyl (C=O) groups is 1. The summed E-state index contributed by atoms with van der Waals surface area (Å²) in [5.41, 5.74) is 3.09. The average Bonchev–Trinajstić information content (AvgIpc) is 2.47. The van der Waals surface area contributed by atoms with Crippen LogP contribution in [0.25, 0.3) is 0 Å². The predicted octanol–water partition coefficient (Wildman–Crippen LogP) is 2.66. The van der Waals surface area contributed by atoms with Gasteiger partial charge in [0.2, 0.25) is 0 Å². The normalized spacial score (nSPS) is 18.0. The van der Waals surface area contributed by atoms with Gasteiger partial charge in [-0.25, -0.2) is 4.79 Å². The van der Waals surface area contributed by atoms with Crippen LogP contribution in [0.1, 0.15) is 36.2 Å². The van der Waals surface area contributed by atoms with Gasteiger partial charge in [0.05, 0.1) is 12.2 Å². The van der Waals surface area contributed by atoms with Crippen molar-refractivity contribution in [3.63, 3.8) is 0 Å². The van der Waals surface area contributed by atoms with Crippen molar-refractivity contribution >= 4 is 6.03 Å². The number of pyridine rings is 1. The van der Waals surface area contributed by atoms with Crippen molar-refractivity contribution in [2.45, 2.75) is 39.7 Å². The van der Waals surface area contributed by atoms with Crippen molar-refractivity contribution in [3.05, 3.63) is 29.1 Å². The third-order valence-electron chi connectivity index (χ3n) is 3.98. The van der Waals surface area contributed by atoms with E-state index in [0.29, 0.717) is 19.0 Å². The third-order valence-corrected chi connectivity index (χ3v) is 3.98. The Morgan fingerprint density at radius 3 is 2.95 bits per heavy atom. The van der Waals surface area contributed by atoms with Crippen molar-refractivity contribution in [2.24, 2.45) is 5.92 Å². The number of carbonyl (C=O) groups excluding carboxylic acids is 1. The highest BCUT2D eigenvalue weighted by molar-refractivity contribution is 5.73. The van der Waals surface area contributed by atoms with Crippen LogP contribution in [-0.4, -0.2) is 42.7 Å². The van der Waals surface area contributed by atoms with Crippen molar-refractivity contribution in [1.29, 1.82) is 0 Å². The standard InChI is InChI=1S/C17H27N3O2/c1-13-9-14(2)19-16(10-13)11-20(3)17(21)18-7-6-15-5-4-8-22-12-15/h9-10,15H,4-8,11-12H2,1-3H3,(H,18,21)/t15-/m1/s1. The molecule has 2 rings (SSSR count). The zero-order chi connectivity index (χ0) is 15.9. The first-order valence-corrected chi connectivity index (χ1v) is 8.05. The number of nitrogens with zero attached hydrogens (tertiary/aromatic N) is 2. The first-order chi connectivity index (χ1) is 10.5. The van der Waals surface area contributed by atoms with Gasteiger partial charge in [-0.15, -0.1) is 0 Å². The maximum atomic E-state index is 12.1. The number of hydrogen-bond donors (Lipinski definition) is 1. The minimum absolute atomic E-state index is 0.0438. The predicted molar refractivity (Wildman–Crippen MR) is 86.7 cm³/mol. The van der Waals surface area contributed by atoms with Crippen LogP contribution in [0.5, 0.6) is 0 Å². The molecule has 5 nitrogen and oxygen atoms in total. The molecule has 0 aromatic carbocycles. The van der Waals surface area contributed by atoms with E-state index in [0.717, 1.165) is 37.4 Å². The molecule has 1 aromatic rings. The fourth-order valence-electron chi connectivity index (χ4n) is 2.87. The molecule has 0 aliphatic carbocycles. The monoisotopic (exact) mass is 305 g/mol. The number of amides is 2. The fourth-order valence-corrected chi connectivity index (χ4v) is 2.87. The molecule has 1 fully saturated rings. The lowest BCUT2D eigenvalue weighted by Gasteiger charge is -2.23. The van der Waals surface area contributed by atoms with Crippen LogP contribution in [0.4, 0.5) is 4.79 Å². The Balaban J connectivity index is 1.74. The lowest BCUT2D eigenvalue weighted by atomic mass is 9.99. The molecular weight excluding hydrogens is 278 g/mol. The van der Waals surface area contributed by atoms with Gasteiger partial charge in [0.25, 0.3) is 0 Å². The Morgan fingerprint density at radius 1 is 1.45 bits per heavy atom. The zero-order valence-electron chi connectivity index (χ0n) is 13.9. The maximum Gasteiger partial charge on any atom is 0.317 e. The molecule has 1 atom stereocenters. The van der Waals surface area contributed by atoms with Crippen LogP contribution in [0.15, 0.2) is 12.1 Å². The van der Waals surface area contributed by atoms with Gasteiger partial charge in [-0.3, -0.25) is 4.98 Å². The number of aromatic nitrogens is 1. The van der Waals surface area contributed by atoms with Gasteiger partial charge in [0, 0.05) is 32.5 Å². The van der Waals surface area contributed by atoms with E-state index in [1.807, 2.05) is 26.0 Å². The zero-order valence-corrected chi connectivity index (χ0v) is 13.9. The fraction of sp³-hybridized carbons (Fsp3) is 0.647. The second-order valence-corrected chi connectivity index (χ2v) is 6.24. The average molecular weight is 305 g/mol. The van der Waals surface area contributed by atoms with Crippen LogP contribution in [-0.2, 0) is 11.3 Å². The van der Waals surface area contributed by atoms with E-state index >= 15 is 0 Å². The first kappa shape index (κ1) is 16.7. The number of hydrogen-bond acceptors (Lipinski definition) is 3. The molecule has 1 saturated heterocycles. The number of urea groups is 1. The Hall–Kier alpha value is -1.62. The molecule has 5 heteroatoms. The van der Waals surface area contributed by atoms with Crippen molar-refractivity contribution in [2.75, 3.05) is 26.8 Å². The summed E-state index contributed by atoms with van der Waals surface area (Å²) < 4.78 is 5.46. The van der Waals surface area contributed by atoms with Crippen LogP contribution in [0.2, 0.25) is 0 Å². The SMILES string of the molecule is Cc1cc(C)nc(CN(C)C(=O)NCC[C@H]2CCCOC2)c1. The minimum Gasteiger partial charge on any atom is -0.381 e. The summed E-state index contributed by atoms with van der Waals surface area (Å²) in [6.45, 7) is 6.97. The molecule has 1 N–H and O–H groups in total. The van der Waals surface area contributed by atoms with Crippen LogP contribution in [0, 0.1) is 19.8 Å². The highest BCUT2D eigenvalue weighted by atomic mass is 16.5. The number of ether oxygens (including phenoxy) is 1. The van der Waals surface area contributed by atoms with E-state index in [2.05, 4.69) is 10.3 Å². The summed E-state index contributed by atoms with van der Waals surface area (Å²) in [4.78, 5) is 18.3. The van der Waals surface area contributed by atoms with E-state index in [-0.39, 0.29) is 6.03 Å². The van der Waals surface area contributed by atoms with Crippen molar-refractivity contribution < 1.29 is 9.53 Å². The summed E-state index contributed by atoms with van der Waals surface area (Å²) >= 11 is 0. The van der Waals surface area contributed by atoms with Gasteiger partial charge in [0.1, 0.15) is 0 Å². The van der Waals surface area contributed by atoms with Gasteiger partial charge in [-0.1, -0.05) is 0 Å². The largest absolute Gasteiger partial charge is 0.381 e.